The van der Waals surface area contributed by atoms with Gasteiger partial charge in [-0.1, -0.05) is 12.1 Å². The summed E-state index contributed by atoms with van der Waals surface area (Å²) in [4.78, 5) is 23.5. The van der Waals surface area contributed by atoms with Gasteiger partial charge in [0.15, 0.2) is 6.10 Å². The van der Waals surface area contributed by atoms with Crippen molar-refractivity contribution in [2.75, 3.05) is 5.32 Å². The van der Waals surface area contributed by atoms with Crippen molar-refractivity contribution in [2.24, 2.45) is 0 Å². The lowest BCUT2D eigenvalue weighted by atomic mass is 10.2. The molecule has 27 heavy (non-hydrogen) atoms. The highest BCUT2D eigenvalue weighted by Crippen LogP contribution is 2.19. The van der Waals surface area contributed by atoms with Crippen molar-refractivity contribution in [3.8, 4) is 0 Å². The molecule has 2 rings (SSSR count). The summed E-state index contributed by atoms with van der Waals surface area (Å²) in [5, 5.41) is 2.60. The zero-order valence-electron chi connectivity index (χ0n) is 14.5. The molecule has 0 heterocycles. The SMILES string of the molecule is Cc1cccc(NC(=O)[C@H](C)OC(=O)c2ccc(S(=O)(=O)C(F)F)cc2)c1. The minimum absolute atomic E-state index is 0.0709. The number of sulfone groups is 1. The van der Waals surface area contributed by atoms with Crippen molar-refractivity contribution in [1.82, 2.24) is 0 Å². The molecule has 0 fully saturated rings. The molecule has 0 aliphatic rings. The van der Waals surface area contributed by atoms with Crippen LogP contribution in [0.5, 0.6) is 0 Å². The Morgan fingerprint density at radius 2 is 1.70 bits per heavy atom. The van der Waals surface area contributed by atoms with Crippen LogP contribution in [-0.2, 0) is 19.4 Å². The van der Waals surface area contributed by atoms with Crippen LogP contribution in [0, 0.1) is 6.92 Å². The molecule has 0 bridgehead atoms. The van der Waals surface area contributed by atoms with Gasteiger partial charge in [-0.15, -0.1) is 0 Å². The molecule has 144 valence electrons. The summed E-state index contributed by atoms with van der Waals surface area (Å²) >= 11 is 0. The Morgan fingerprint density at radius 3 is 2.26 bits per heavy atom. The van der Waals surface area contributed by atoms with Gasteiger partial charge in [0, 0.05) is 5.69 Å². The van der Waals surface area contributed by atoms with Crippen LogP contribution >= 0.6 is 0 Å². The molecule has 1 N–H and O–H groups in total. The highest BCUT2D eigenvalue weighted by molar-refractivity contribution is 7.91. The number of carbonyl (C=O) groups is 2. The lowest BCUT2D eigenvalue weighted by Gasteiger charge is -2.14. The quantitative estimate of drug-likeness (QED) is 0.757. The van der Waals surface area contributed by atoms with E-state index in [0.717, 1.165) is 29.8 Å². The van der Waals surface area contributed by atoms with Gasteiger partial charge in [0.1, 0.15) is 0 Å². The van der Waals surface area contributed by atoms with Gasteiger partial charge < -0.3 is 10.1 Å². The van der Waals surface area contributed by atoms with Gasteiger partial charge in [0.25, 0.3) is 5.91 Å². The van der Waals surface area contributed by atoms with E-state index in [9.17, 15) is 26.8 Å². The first-order chi connectivity index (χ1) is 12.6. The van der Waals surface area contributed by atoms with Crippen molar-refractivity contribution < 1.29 is 31.5 Å². The fourth-order valence-corrected chi connectivity index (χ4v) is 2.85. The van der Waals surface area contributed by atoms with E-state index in [2.05, 4.69) is 5.32 Å². The van der Waals surface area contributed by atoms with Crippen molar-refractivity contribution in [3.05, 3.63) is 59.7 Å². The standard InChI is InChI=1S/C18H17F2NO5S/c1-11-4-3-5-14(10-11)21-16(22)12(2)26-17(23)13-6-8-15(9-7-13)27(24,25)18(19)20/h3-10,12,18H,1-2H3,(H,21,22)/t12-/m0/s1. The minimum atomic E-state index is -4.74. The fraction of sp³-hybridized carbons (Fsp3) is 0.222. The molecule has 0 unspecified atom stereocenters. The molecule has 2 aromatic carbocycles. The Hall–Kier alpha value is -2.81. The maximum Gasteiger partial charge on any atom is 0.341 e. The van der Waals surface area contributed by atoms with Gasteiger partial charge in [0.2, 0.25) is 9.84 Å². The van der Waals surface area contributed by atoms with Crippen molar-refractivity contribution in [2.45, 2.75) is 30.6 Å². The van der Waals surface area contributed by atoms with Gasteiger partial charge in [-0.25, -0.2) is 13.2 Å². The van der Waals surface area contributed by atoms with E-state index < -0.39 is 38.5 Å². The third kappa shape index (κ3) is 5.10. The number of benzene rings is 2. The van der Waals surface area contributed by atoms with E-state index in [1.807, 2.05) is 13.0 Å². The second kappa shape index (κ2) is 8.26. The first kappa shape index (κ1) is 20.5. The maximum atomic E-state index is 12.5. The third-order valence-corrected chi connectivity index (χ3v) is 4.99. The molecule has 0 aliphatic carbocycles. The largest absolute Gasteiger partial charge is 0.449 e. The molecule has 0 radical (unpaired) electrons. The molecular weight excluding hydrogens is 380 g/mol. The Labute approximate surface area is 155 Å². The molecule has 6 nitrogen and oxygen atoms in total. The summed E-state index contributed by atoms with van der Waals surface area (Å²) in [6.45, 7) is 3.23. The summed E-state index contributed by atoms with van der Waals surface area (Å²) < 4.78 is 52.7. The number of halogens is 2. The summed E-state index contributed by atoms with van der Waals surface area (Å²) in [7, 11) is -4.74. The molecule has 0 aliphatic heterocycles. The number of rotatable bonds is 6. The first-order valence-electron chi connectivity index (χ1n) is 7.82. The Kier molecular flexibility index (Phi) is 6.27. The van der Waals surface area contributed by atoms with Gasteiger partial charge >= 0.3 is 11.7 Å². The number of anilines is 1. The number of ether oxygens (including phenoxy) is 1. The number of aryl methyl sites for hydroxylation is 1. The average Bonchev–Trinajstić information content (AvgIpc) is 2.61. The van der Waals surface area contributed by atoms with Crippen LogP contribution in [0.4, 0.5) is 14.5 Å². The van der Waals surface area contributed by atoms with Gasteiger partial charge in [-0.05, 0) is 55.8 Å². The minimum Gasteiger partial charge on any atom is -0.449 e. The Bertz CT molecular complexity index is 942. The van der Waals surface area contributed by atoms with E-state index in [-0.39, 0.29) is 5.56 Å². The number of esters is 1. The maximum absolute atomic E-state index is 12.5. The number of amides is 1. The van der Waals surface area contributed by atoms with E-state index >= 15 is 0 Å². The highest BCUT2D eigenvalue weighted by atomic mass is 32.2. The number of hydrogen-bond donors (Lipinski definition) is 1. The number of hydrogen-bond acceptors (Lipinski definition) is 5. The second-order valence-corrected chi connectivity index (χ2v) is 7.65. The van der Waals surface area contributed by atoms with E-state index in [0.29, 0.717) is 5.69 Å². The molecule has 1 amide bonds. The molecule has 1 atom stereocenters. The summed E-state index contributed by atoms with van der Waals surface area (Å²) in [5.74, 6) is -4.99. The van der Waals surface area contributed by atoms with Crippen molar-refractivity contribution in [3.63, 3.8) is 0 Å². The number of nitrogens with one attached hydrogen (secondary N) is 1. The van der Waals surface area contributed by atoms with E-state index in [4.69, 9.17) is 4.74 Å². The van der Waals surface area contributed by atoms with Gasteiger partial charge in [-0.2, -0.15) is 8.78 Å². The monoisotopic (exact) mass is 397 g/mol. The molecule has 9 heteroatoms. The van der Waals surface area contributed by atoms with E-state index in [1.54, 1.807) is 18.2 Å². The van der Waals surface area contributed by atoms with Crippen LogP contribution in [-0.4, -0.2) is 32.2 Å². The van der Waals surface area contributed by atoms with Gasteiger partial charge in [-0.3, -0.25) is 4.79 Å². The predicted octanol–water partition coefficient (Wildman–Crippen LogP) is 3.18. The van der Waals surface area contributed by atoms with E-state index in [1.165, 1.54) is 6.92 Å². The van der Waals surface area contributed by atoms with Crippen LogP contribution in [0.25, 0.3) is 0 Å². The molecular formula is C18H17F2NO5S. The summed E-state index contributed by atoms with van der Waals surface area (Å²) in [6.07, 6.45) is -1.12. The summed E-state index contributed by atoms with van der Waals surface area (Å²) in [6, 6.07) is 10.9. The van der Waals surface area contributed by atoms with Crippen LogP contribution < -0.4 is 5.32 Å². The molecule has 0 saturated heterocycles. The third-order valence-electron chi connectivity index (χ3n) is 3.59. The molecule has 0 spiro atoms. The van der Waals surface area contributed by atoms with Crippen LogP contribution in [0.15, 0.2) is 53.4 Å². The van der Waals surface area contributed by atoms with Crippen molar-refractivity contribution >= 4 is 27.4 Å². The highest BCUT2D eigenvalue weighted by Gasteiger charge is 2.27. The Morgan fingerprint density at radius 1 is 1.07 bits per heavy atom. The fourth-order valence-electron chi connectivity index (χ4n) is 2.13. The second-order valence-electron chi connectivity index (χ2n) is 5.74. The van der Waals surface area contributed by atoms with Crippen LogP contribution in [0.1, 0.15) is 22.8 Å². The number of alkyl halides is 2. The normalized spacial score (nSPS) is 12.5. The lowest BCUT2D eigenvalue weighted by Crippen LogP contribution is -2.30. The smallest absolute Gasteiger partial charge is 0.341 e. The van der Waals surface area contributed by atoms with Crippen molar-refractivity contribution in [1.29, 1.82) is 0 Å². The van der Waals surface area contributed by atoms with Crippen LogP contribution in [0.2, 0.25) is 0 Å². The zero-order chi connectivity index (χ0) is 20.2. The lowest BCUT2D eigenvalue weighted by molar-refractivity contribution is -0.123. The Balaban J connectivity index is 2.02. The van der Waals surface area contributed by atoms with Crippen LogP contribution in [0.3, 0.4) is 0 Å². The average molecular weight is 397 g/mol. The summed E-state index contributed by atoms with van der Waals surface area (Å²) in [5.41, 5.74) is 1.42. The predicted molar refractivity (Wildman–Crippen MR) is 94.3 cm³/mol. The zero-order valence-corrected chi connectivity index (χ0v) is 15.3. The first-order valence-corrected chi connectivity index (χ1v) is 9.36. The molecule has 0 aromatic heterocycles. The topological polar surface area (TPSA) is 89.5 Å². The molecule has 0 saturated carbocycles. The number of carbonyl (C=O) groups excluding carboxylic acids is 2. The molecule has 2 aromatic rings. The van der Waals surface area contributed by atoms with Gasteiger partial charge in [0.05, 0.1) is 10.5 Å².